The van der Waals surface area contributed by atoms with Crippen molar-refractivity contribution in [1.29, 1.82) is 0 Å². The molecule has 1 aromatic heterocycles. The Hall–Kier alpha value is -0.805. The monoisotopic (exact) mass is 168 g/mol. The second kappa shape index (κ2) is 4.95. The molecule has 0 saturated carbocycles. The lowest BCUT2D eigenvalue weighted by molar-refractivity contribution is 0.225. The summed E-state index contributed by atoms with van der Waals surface area (Å²) >= 11 is 0. The lowest BCUT2D eigenvalue weighted by atomic mass is 9.81. The van der Waals surface area contributed by atoms with E-state index in [1.807, 2.05) is 13.8 Å². The van der Waals surface area contributed by atoms with Gasteiger partial charge in [-0.05, 0) is 13.8 Å². The van der Waals surface area contributed by atoms with Gasteiger partial charge in [0.2, 0.25) is 0 Å². The van der Waals surface area contributed by atoms with Gasteiger partial charge < -0.3 is 9.31 Å². The highest BCUT2D eigenvalue weighted by Gasteiger charge is 2.20. The van der Waals surface area contributed by atoms with Gasteiger partial charge in [0.25, 0.3) is 0 Å². The summed E-state index contributed by atoms with van der Waals surface area (Å²) in [7, 11) is -0.279. The first-order valence-electron chi connectivity index (χ1n) is 4.10. The minimum Gasteiger partial charge on any atom is -0.408 e. The Bertz CT molecular complexity index is 197. The van der Waals surface area contributed by atoms with Gasteiger partial charge in [-0.1, -0.05) is 0 Å². The van der Waals surface area contributed by atoms with E-state index in [1.165, 1.54) is 0 Å². The summed E-state index contributed by atoms with van der Waals surface area (Å²) in [6, 6.07) is 0. The van der Waals surface area contributed by atoms with Crippen LogP contribution in [0.5, 0.6) is 0 Å². The van der Waals surface area contributed by atoms with Gasteiger partial charge in [0.05, 0.1) is 0 Å². The Morgan fingerprint density at radius 2 is 2.08 bits per heavy atom. The van der Waals surface area contributed by atoms with Gasteiger partial charge in [-0.3, -0.25) is 5.10 Å². The second-order valence-electron chi connectivity index (χ2n) is 2.27. The molecule has 0 unspecified atom stereocenters. The van der Waals surface area contributed by atoms with E-state index in [9.17, 15) is 0 Å². The Labute approximate surface area is 72.4 Å². The van der Waals surface area contributed by atoms with Gasteiger partial charge >= 0.3 is 7.12 Å². The summed E-state index contributed by atoms with van der Waals surface area (Å²) in [5.74, 6) is 0. The van der Waals surface area contributed by atoms with E-state index < -0.39 is 0 Å². The predicted octanol–water partition coefficient (Wildman–Crippen LogP) is 0.178. The van der Waals surface area contributed by atoms with Crippen molar-refractivity contribution in [1.82, 2.24) is 10.2 Å². The molecule has 0 fully saturated rings. The molecular formula is C7H13BN2O2. The average molecular weight is 168 g/mol. The van der Waals surface area contributed by atoms with E-state index in [4.69, 9.17) is 9.31 Å². The number of nitrogens with one attached hydrogen (secondary N) is 1. The molecule has 0 aliphatic carbocycles. The highest BCUT2D eigenvalue weighted by Crippen LogP contribution is 1.90. The summed E-state index contributed by atoms with van der Waals surface area (Å²) in [5, 5.41) is 6.54. The van der Waals surface area contributed by atoms with E-state index in [0.29, 0.717) is 13.2 Å². The number of nitrogens with zero attached hydrogens (tertiary/aromatic N) is 1. The second-order valence-corrected chi connectivity index (χ2v) is 2.27. The van der Waals surface area contributed by atoms with Gasteiger partial charge in [0.1, 0.15) is 0 Å². The van der Waals surface area contributed by atoms with Gasteiger partial charge in [0.15, 0.2) is 0 Å². The largest absolute Gasteiger partial charge is 0.497 e. The minimum atomic E-state index is -0.279. The van der Waals surface area contributed by atoms with Gasteiger partial charge in [-0.2, -0.15) is 5.10 Å². The van der Waals surface area contributed by atoms with Crippen molar-refractivity contribution in [2.45, 2.75) is 13.8 Å². The first kappa shape index (κ1) is 9.28. The van der Waals surface area contributed by atoms with Crippen LogP contribution in [0.3, 0.4) is 0 Å². The maximum Gasteiger partial charge on any atom is 0.497 e. The SMILES string of the molecule is CCOB(OCC)c1cn[nH]c1. The van der Waals surface area contributed by atoms with E-state index in [1.54, 1.807) is 12.4 Å². The van der Waals surface area contributed by atoms with Crippen LogP contribution in [0, 0.1) is 0 Å². The quantitative estimate of drug-likeness (QED) is 0.637. The van der Waals surface area contributed by atoms with Crippen molar-refractivity contribution in [2.24, 2.45) is 0 Å². The molecule has 0 atom stereocenters. The number of aromatic nitrogens is 2. The predicted molar refractivity (Wildman–Crippen MR) is 47.2 cm³/mol. The highest BCUT2D eigenvalue weighted by atomic mass is 16.6. The van der Waals surface area contributed by atoms with Crippen LogP contribution < -0.4 is 5.46 Å². The zero-order valence-electron chi connectivity index (χ0n) is 7.41. The molecule has 0 aliphatic rings. The van der Waals surface area contributed by atoms with E-state index in [-0.39, 0.29) is 7.12 Å². The molecule has 1 heterocycles. The molecule has 1 aromatic rings. The van der Waals surface area contributed by atoms with Gasteiger partial charge in [-0.15, -0.1) is 0 Å². The molecule has 0 bridgehead atoms. The Kier molecular flexibility index (Phi) is 3.83. The molecule has 5 heteroatoms. The molecule has 0 aliphatic heterocycles. The van der Waals surface area contributed by atoms with Crippen LogP contribution in [0.4, 0.5) is 0 Å². The topological polar surface area (TPSA) is 47.1 Å². The van der Waals surface area contributed by atoms with Crippen molar-refractivity contribution in [2.75, 3.05) is 13.2 Å². The Morgan fingerprint density at radius 1 is 1.42 bits per heavy atom. The minimum absolute atomic E-state index is 0.279. The van der Waals surface area contributed by atoms with Crippen LogP contribution in [-0.2, 0) is 9.31 Å². The number of H-pyrrole nitrogens is 1. The first-order chi connectivity index (χ1) is 5.88. The molecule has 12 heavy (non-hydrogen) atoms. The van der Waals surface area contributed by atoms with E-state index >= 15 is 0 Å². The molecule has 0 aromatic carbocycles. The molecule has 1 N–H and O–H groups in total. The summed E-state index contributed by atoms with van der Waals surface area (Å²) in [4.78, 5) is 0. The third kappa shape index (κ3) is 2.35. The molecule has 0 saturated heterocycles. The molecule has 4 nitrogen and oxygen atoms in total. The fourth-order valence-electron chi connectivity index (χ4n) is 0.933. The highest BCUT2D eigenvalue weighted by molar-refractivity contribution is 6.61. The lowest BCUT2D eigenvalue weighted by Gasteiger charge is -2.09. The van der Waals surface area contributed by atoms with Crippen molar-refractivity contribution in [3.8, 4) is 0 Å². The van der Waals surface area contributed by atoms with Crippen molar-refractivity contribution >= 4 is 12.6 Å². The van der Waals surface area contributed by atoms with Crippen molar-refractivity contribution in [3.05, 3.63) is 12.4 Å². The molecule has 0 spiro atoms. The molecule has 66 valence electrons. The van der Waals surface area contributed by atoms with Crippen LogP contribution in [-0.4, -0.2) is 30.5 Å². The van der Waals surface area contributed by atoms with E-state index in [0.717, 1.165) is 5.46 Å². The number of hydrogen-bond donors (Lipinski definition) is 1. The van der Waals surface area contributed by atoms with Crippen molar-refractivity contribution < 1.29 is 9.31 Å². The van der Waals surface area contributed by atoms with Gasteiger partial charge in [0, 0.05) is 31.1 Å². The van der Waals surface area contributed by atoms with Crippen LogP contribution in [0.1, 0.15) is 13.8 Å². The Morgan fingerprint density at radius 3 is 2.50 bits per heavy atom. The Balaban J connectivity index is 2.53. The van der Waals surface area contributed by atoms with E-state index in [2.05, 4.69) is 10.2 Å². The third-order valence-electron chi connectivity index (χ3n) is 1.43. The normalized spacial score (nSPS) is 10.2. The number of rotatable bonds is 5. The van der Waals surface area contributed by atoms with Crippen LogP contribution in [0.25, 0.3) is 0 Å². The fraction of sp³-hybridized carbons (Fsp3) is 0.571. The summed E-state index contributed by atoms with van der Waals surface area (Å²) in [6.45, 7) is 5.14. The zero-order chi connectivity index (χ0) is 8.81. The average Bonchev–Trinajstić information content (AvgIpc) is 2.56. The summed E-state index contributed by atoms with van der Waals surface area (Å²) in [5.41, 5.74) is 0.929. The maximum absolute atomic E-state index is 5.34. The summed E-state index contributed by atoms with van der Waals surface area (Å²) in [6.07, 6.45) is 3.48. The summed E-state index contributed by atoms with van der Waals surface area (Å²) < 4.78 is 10.7. The fourth-order valence-corrected chi connectivity index (χ4v) is 0.933. The number of hydrogen-bond acceptors (Lipinski definition) is 3. The van der Waals surface area contributed by atoms with Crippen LogP contribution in [0.2, 0.25) is 0 Å². The standard InChI is InChI=1S/C7H13BN2O2/c1-3-11-8(12-4-2)7-5-9-10-6-7/h5-6H,3-4H2,1-2H3,(H,9,10). The van der Waals surface area contributed by atoms with Crippen LogP contribution in [0.15, 0.2) is 12.4 Å². The zero-order valence-corrected chi connectivity index (χ0v) is 7.41. The smallest absolute Gasteiger partial charge is 0.408 e. The molecular weight excluding hydrogens is 155 g/mol. The lowest BCUT2D eigenvalue weighted by Crippen LogP contribution is -2.36. The third-order valence-corrected chi connectivity index (χ3v) is 1.43. The molecule has 1 rings (SSSR count). The van der Waals surface area contributed by atoms with Gasteiger partial charge in [-0.25, -0.2) is 0 Å². The first-order valence-corrected chi connectivity index (χ1v) is 4.10. The van der Waals surface area contributed by atoms with Crippen LogP contribution >= 0.6 is 0 Å². The molecule has 0 amide bonds. The number of aromatic amines is 1. The van der Waals surface area contributed by atoms with Crippen molar-refractivity contribution in [3.63, 3.8) is 0 Å². The maximum atomic E-state index is 5.34. The molecule has 0 radical (unpaired) electrons.